The summed E-state index contributed by atoms with van der Waals surface area (Å²) in [5.41, 5.74) is 0.866. The Morgan fingerprint density at radius 2 is 1.75 bits per heavy atom. The Morgan fingerprint density at radius 1 is 1.14 bits per heavy atom. The van der Waals surface area contributed by atoms with E-state index in [2.05, 4.69) is 34.6 Å². The Labute approximate surface area is 174 Å². The molecule has 1 aromatic carbocycles. The minimum atomic E-state index is -0.321. The summed E-state index contributed by atoms with van der Waals surface area (Å²) in [5, 5.41) is 7.54. The van der Waals surface area contributed by atoms with Gasteiger partial charge in [0.05, 0.1) is 11.5 Å². The third-order valence-corrected chi connectivity index (χ3v) is 5.83. The van der Waals surface area contributed by atoms with Crippen LogP contribution in [0.5, 0.6) is 0 Å². The monoisotopic (exact) mass is 407 g/mol. The van der Waals surface area contributed by atoms with Crippen LogP contribution in [0, 0.1) is 5.41 Å². The molecular weight excluding hydrogens is 374 g/mol. The van der Waals surface area contributed by atoms with Gasteiger partial charge in [-0.1, -0.05) is 36.6 Å². The van der Waals surface area contributed by atoms with E-state index in [1.165, 1.54) is 5.56 Å². The Kier molecular flexibility index (Phi) is 8.13. The molecule has 1 aliphatic carbocycles. The van der Waals surface area contributed by atoms with Gasteiger partial charge in [0.25, 0.3) is 0 Å². The molecule has 0 aliphatic heterocycles. The predicted molar refractivity (Wildman–Crippen MR) is 117 cm³/mol. The van der Waals surface area contributed by atoms with Gasteiger partial charge in [-0.2, -0.15) is 0 Å². The number of benzene rings is 1. The fraction of sp³-hybridized carbons (Fsp3) is 0.619. The maximum absolute atomic E-state index is 12.7. The van der Waals surface area contributed by atoms with Gasteiger partial charge in [0.15, 0.2) is 5.96 Å². The molecule has 1 amide bonds. The van der Waals surface area contributed by atoms with Gasteiger partial charge >= 0.3 is 0 Å². The van der Waals surface area contributed by atoms with E-state index in [0.717, 1.165) is 36.7 Å². The molecule has 2 N–H and O–H groups in total. The van der Waals surface area contributed by atoms with Crippen LogP contribution in [0.3, 0.4) is 0 Å². The molecule has 0 bridgehead atoms. The molecule has 1 unspecified atom stereocenters. The Morgan fingerprint density at radius 3 is 2.25 bits per heavy atom. The lowest BCUT2D eigenvalue weighted by atomic mass is 9.84. The second kappa shape index (κ2) is 10.1. The molecule has 1 saturated carbocycles. The normalized spacial score (nSPS) is 17.5. The molecule has 156 valence electrons. The first kappa shape index (κ1) is 22.5. The van der Waals surface area contributed by atoms with Gasteiger partial charge in [0.1, 0.15) is 0 Å². The van der Waals surface area contributed by atoms with Crippen molar-refractivity contribution < 1.29 is 4.79 Å². The predicted octanol–water partition coefficient (Wildman–Crippen LogP) is 2.76. The van der Waals surface area contributed by atoms with E-state index in [0.29, 0.717) is 13.1 Å². The number of carbonyl (C=O) groups is 1. The highest BCUT2D eigenvalue weighted by molar-refractivity contribution is 6.30. The number of aliphatic imine (C=N–C) groups is 1. The van der Waals surface area contributed by atoms with E-state index in [9.17, 15) is 4.79 Å². The number of guanidine groups is 1. The molecule has 1 aliphatic rings. The van der Waals surface area contributed by atoms with Crippen LogP contribution in [0.4, 0.5) is 0 Å². The fourth-order valence-electron chi connectivity index (χ4n) is 3.94. The molecule has 0 radical (unpaired) electrons. The number of nitrogens with one attached hydrogen (secondary N) is 2. The van der Waals surface area contributed by atoms with Gasteiger partial charge in [-0.05, 0) is 44.6 Å². The Balaban J connectivity index is 1.99. The Bertz CT molecular complexity index is 666. The Hall–Kier alpha value is -1.79. The van der Waals surface area contributed by atoms with Crippen LogP contribution >= 0.6 is 11.6 Å². The average molecular weight is 408 g/mol. The number of hydrogen-bond acceptors (Lipinski definition) is 3. The lowest BCUT2D eigenvalue weighted by molar-refractivity contribution is -0.138. The van der Waals surface area contributed by atoms with Gasteiger partial charge in [-0.15, -0.1) is 0 Å². The minimum absolute atomic E-state index is 0.180. The van der Waals surface area contributed by atoms with Crippen molar-refractivity contribution in [3.63, 3.8) is 0 Å². The highest BCUT2D eigenvalue weighted by Crippen LogP contribution is 2.38. The zero-order chi connectivity index (χ0) is 20.7. The van der Waals surface area contributed by atoms with Crippen molar-refractivity contribution in [1.82, 2.24) is 20.4 Å². The average Bonchev–Trinajstić information content (AvgIpc) is 3.14. The van der Waals surface area contributed by atoms with E-state index < -0.39 is 0 Å². The fourth-order valence-corrected chi connectivity index (χ4v) is 4.07. The standard InChI is InChI=1S/C21H34ClN5O/c1-23-20(25-15-21(12-6-7-13-21)19(28)27(4)5)24-14-18(26(2)3)16-8-10-17(22)11-9-16/h8-11,18H,6-7,12-15H2,1-5H3,(H2,23,24,25). The molecule has 0 aromatic heterocycles. The molecule has 0 saturated heterocycles. The van der Waals surface area contributed by atoms with E-state index >= 15 is 0 Å². The third kappa shape index (κ3) is 5.61. The van der Waals surface area contributed by atoms with Crippen LogP contribution in [0.15, 0.2) is 29.3 Å². The molecule has 1 atom stereocenters. The molecule has 6 nitrogen and oxygen atoms in total. The summed E-state index contributed by atoms with van der Waals surface area (Å²) in [5.74, 6) is 0.930. The summed E-state index contributed by atoms with van der Waals surface area (Å²) < 4.78 is 0. The smallest absolute Gasteiger partial charge is 0.230 e. The zero-order valence-electron chi connectivity index (χ0n) is 17.8. The quantitative estimate of drug-likeness (QED) is 0.539. The van der Waals surface area contributed by atoms with Gasteiger partial charge in [0.2, 0.25) is 5.91 Å². The second-order valence-corrected chi connectivity index (χ2v) is 8.46. The largest absolute Gasteiger partial charge is 0.355 e. The summed E-state index contributed by atoms with van der Waals surface area (Å²) in [6.45, 7) is 1.31. The van der Waals surface area contributed by atoms with Crippen molar-refractivity contribution in [2.75, 3.05) is 48.3 Å². The van der Waals surface area contributed by atoms with Crippen molar-refractivity contribution >= 4 is 23.5 Å². The topological polar surface area (TPSA) is 60.0 Å². The van der Waals surface area contributed by atoms with Crippen LogP contribution < -0.4 is 10.6 Å². The number of amides is 1. The van der Waals surface area contributed by atoms with E-state index in [1.807, 2.05) is 38.4 Å². The summed E-state index contributed by atoms with van der Waals surface area (Å²) in [6.07, 6.45) is 4.07. The zero-order valence-corrected chi connectivity index (χ0v) is 18.5. The second-order valence-electron chi connectivity index (χ2n) is 8.02. The maximum atomic E-state index is 12.7. The highest BCUT2D eigenvalue weighted by Gasteiger charge is 2.42. The minimum Gasteiger partial charge on any atom is -0.355 e. The van der Waals surface area contributed by atoms with Crippen molar-refractivity contribution in [2.24, 2.45) is 10.4 Å². The molecule has 28 heavy (non-hydrogen) atoms. The van der Waals surface area contributed by atoms with Gasteiger partial charge in [-0.25, -0.2) is 0 Å². The van der Waals surface area contributed by atoms with E-state index in [-0.39, 0.29) is 17.4 Å². The summed E-state index contributed by atoms with van der Waals surface area (Å²) in [7, 11) is 9.55. The van der Waals surface area contributed by atoms with Crippen molar-refractivity contribution in [1.29, 1.82) is 0 Å². The number of halogens is 1. The molecule has 2 rings (SSSR count). The lowest BCUT2D eigenvalue weighted by Crippen LogP contribution is -2.50. The van der Waals surface area contributed by atoms with Crippen LogP contribution in [0.2, 0.25) is 5.02 Å². The van der Waals surface area contributed by atoms with Gasteiger partial charge in [-0.3, -0.25) is 9.79 Å². The van der Waals surface area contributed by atoms with Crippen LogP contribution in [0.1, 0.15) is 37.3 Å². The maximum Gasteiger partial charge on any atom is 0.230 e. The molecule has 7 heteroatoms. The summed E-state index contributed by atoms with van der Waals surface area (Å²) in [6, 6.07) is 8.11. The van der Waals surface area contributed by atoms with Crippen molar-refractivity contribution in [2.45, 2.75) is 31.7 Å². The summed E-state index contributed by atoms with van der Waals surface area (Å²) >= 11 is 6.02. The van der Waals surface area contributed by atoms with E-state index in [4.69, 9.17) is 11.6 Å². The molecule has 0 spiro atoms. The number of likely N-dealkylation sites (N-methyl/N-ethyl adjacent to an activating group) is 1. The molecule has 1 fully saturated rings. The van der Waals surface area contributed by atoms with Crippen LogP contribution in [0.25, 0.3) is 0 Å². The van der Waals surface area contributed by atoms with Crippen LogP contribution in [-0.2, 0) is 4.79 Å². The van der Waals surface area contributed by atoms with Crippen LogP contribution in [-0.4, -0.2) is 70.0 Å². The number of carbonyl (C=O) groups excluding carboxylic acids is 1. The van der Waals surface area contributed by atoms with E-state index in [1.54, 1.807) is 11.9 Å². The first-order valence-corrected chi connectivity index (χ1v) is 10.2. The highest BCUT2D eigenvalue weighted by atomic mass is 35.5. The van der Waals surface area contributed by atoms with Crippen molar-refractivity contribution in [3.05, 3.63) is 34.9 Å². The summed E-state index contributed by atoms with van der Waals surface area (Å²) in [4.78, 5) is 21.0. The first-order chi connectivity index (χ1) is 13.3. The number of nitrogens with zero attached hydrogens (tertiary/aromatic N) is 3. The first-order valence-electron chi connectivity index (χ1n) is 9.87. The lowest BCUT2D eigenvalue weighted by Gasteiger charge is -2.32. The van der Waals surface area contributed by atoms with Gasteiger partial charge < -0.3 is 20.4 Å². The molecular formula is C21H34ClN5O. The molecule has 1 aromatic rings. The van der Waals surface area contributed by atoms with Gasteiger partial charge in [0, 0.05) is 39.3 Å². The van der Waals surface area contributed by atoms with Crippen molar-refractivity contribution in [3.8, 4) is 0 Å². The third-order valence-electron chi connectivity index (χ3n) is 5.58. The molecule has 0 heterocycles. The number of hydrogen-bond donors (Lipinski definition) is 2. The SMILES string of the molecule is CN=C(NCC(c1ccc(Cl)cc1)N(C)C)NCC1(C(=O)N(C)C)CCCC1. The number of rotatable bonds is 7.